The molecule has 0 saturated heterocycles. The Balaban J connectivity index is 1.97. The van der Waals surface area contributed by atoms with E-state index in [0.29, 0.717) is 45.7 Å². The van der Waals surface area contributed by atoms with Crippen LogP contribution in [-0.2, 0) is 4.79 Å². The van der Waals surface area contributed by atoms with Crippen LogP contribution in [0.4, 0.5) is 20.2 Å². The van der Waals surface area contributed by atoms with Crippen LogP contribution >= 0.6 is 11.8 Å². The number of ether oxygens (including phenoxy) is 1. The predicted molar refractivity (Wildman–Crippen MR) is 129 cm³/mol. The van der Waals surface area contributed by atoms with Crippen molar-refractivity contribution >= 4 is 40.7 Å². The molecule has 0 aromatic heterocycles. The Bertz CT molecular complexity index is 1160. The standard InChI is InChI=1S/C25H22F2N2O3S/c1-3-32-24-15-17(4-13-23(24)31)14-22(16-30)33-25(28-20-9-5-18(26)6-10-20)29(2)21-11-7-19(27)8-12-21/h4-16,31H,3H2,1-2H3/b22-14+,28-25?. The fourth-order valence-corrected chi connectivity index (χ4v) is 3.66. The van der Waals surface area contributed by atoms with Crippen LogP contribution in [0.1, 0.15) is 12.5 Å². The van der Waals surface area contributed by atoms with Crippen molar-refractivity contribution in [3.8, 4) is 11.5 Å². The van der Waals surface area contributed by atoms with Crippen molar-refractivity contribution in [3.05, 3.63) is 88.8 Å². The van der Waals surface area contributed by atoms with Crippen molar-refractivity contribution in [3.63, 3.8) is 0 Å². The Kier molecular flexibility index (Phi) is 8.21. The molecule has 0 saturated carbocycles. The quantitative estimate of drug-likeness (QED) is 0.195. The highest BCUT2D eigenvalue weighted by atomic mass is 32.2. The maximum Gasteiger partial charge on any atom is 0.173 e. The average molecular weight is 469 g/mol. The van der Waals surface area contributed by atoms with E-state index >= 15 is 0 Å². The predicted octanol–water partition coefficient (Wildman–Crippen LogP) is 6.17. The van der Waals surface area contributed by atoms with Crippen LogP contribution in [0.3, 0.4) is 0 Å². The average Bonchev–Trinajstić information content (AvgIpc) is 2.81. The maximum atomic E-state index is 13.4. The number of halogens is 2. The number of phenolic OH excluding ortho intramolecular Hbond substituents is 1. The second-order valence-electron chi connectivity index (χ2n) is 6.83. The van der Waals surface area contributed by atoms with Gasteiger partial charge in [-0.25, -0.2) is 13.8 Å². The highest BCUT2D eigenvalue weighted by molar-refractivity contribution is 8.18. The van der Waals surface area contributed by atoms with Gasteiger partial charge in [0.05, 0.1) is 17.2 Å². The molecule has 170 valence electrons. The summed E-state index contributed by atoms with van der Waals surface area (Å²) >= 11 is 1.09. The third-order valence-electron chi connectivity index (χ3n) is 4.47. The summed E-state index contributed by atoms with van der Waals surface area (Å²) in [4.78, 5) is 18.5. The van der Waals surface area contributed by atoms with Gasteiger partial charge in [0.2, 0.25) is 0 Å². The van der Waals surface area contributed by atoms with Gasteiger partial charge in [-0.1, -0.05) is 6.07 Å². The molecule has 1 N–H and O–H groups in total. The van der Waals surface area contributed by atoms with Crippen molar-refractivity contribution in [2.45, 2.75) is 6.92 Å². The zero-order chi connectivity index (χ0) is 23.8. The lowest BCUT2D eigenvalue weighted by Crippen LogP contribution is -2.23. The van der Waals surface area contributed by atoms with E-state index in [2.05, 4.69) is 4.99 Å². The molecule has 0 aliphatic heterocycles. The van der Waals surface area contributed by atoms with E-state index in [4.69, 9.17) is 4.74 Å². The first-order valence-corrected chi connectivity index (χ1v) is 10.9. The molecule has 0 radical (unpaired) electrons. The molecule has 0 heterocycles. The minimum absolute atomic E-state index is 0.00362. The van der Waals surface area contributed by atoms with E-state index in [1.165, 1.54) is 42.5 Å². The van der Waals surface area contributed by atoms with E-state index in [-0.39, 0.29) is 17.4 Å². The molecule has 33 heavy (non-hydrogen) atoms. The molecule has 0 atom stereocenters. The summed E-state index contributed by atoms with van der Waals surface area (Å²) in [6, 6.07) is 16.2. The summed E-state index contributed by atoms with van der Waals surface area (Å²) in [5, 5.41) is 10.3. The number of phenols is 1. The second kappa shape index (κ2) is 11.3. The molecule has 0 fully saturated rings. The first kappa shape index (κ1) is 24.0. The molecule has 5 nitrogen and oxygen atoms in total. The number of nitrogens with zero attached hydrogens (tertiary/aromatic N) is 2. The van der Waals surface area contributed by atoms with Crippen LogP contribution in [0.5, 0.6) is 11.5 Å². The van der Waals surface area contributed by atoms with Crippen LogP contribution in [-0.4, -0.2) is 30.2 Å². The van der Waals surface area contributed by atoms with Gasteiger partial charge in [0.25, 0.3) is 0 Å². The molecule has 8 heteroatoms. The Hall–Kier alpha value is -3.65. The van der Waals surface area contributed by atoms with Gasteiger partial charge in [-0.3, -0.25) is 4.79 Å². The second-order valence-corrected chi connectivity index (χ2v) is 7.87. The van der Waals surface area contributed by atoms with E-state index in [1.807, 2.05) is 0 Å². The summed E-state index contributed by atoms with van der Waals surface area (Å²) < 4.78 is 32.1. The zero-order valence-corrected chi connectivity index (χ0v) is 18.9. The van der Waals surface area contributed by atoms with Gasteiger partial charge < -0.3 is 14.7 Å². The van der Waals surface area contributed by atoms with E-state index < -0.39 is 0 Å². The van der Waals surface area contributed by atoms with Crippen LogP contribution in [0.25, 0.3) is 6.08 Å². The van der Waals surface area contributed by atoms with Gasteiger partial charge >= 0.3 is 0 Å². The molecule has 0 amide bonds. The number of aromatic hydroxyl groups is 1. The molecule has 0 aliphatic carbocycles. The third kappa shape index (κ3) is 6.66. The molecule has 3 aromatic carbocycles. The van der Waals surface area contributed by atoms with Crippen LogP contribution in [0.2, 0.25) is 0 Å². The van der Waals surface area contributed by atoms with E-state index in [9.17, 15) is 18.7 Å². The van der Waals surface area contributed by atoms with Crippen LogP contribution < -0.4 is 9.64 Å². The van der Waals surface area contributed by atoms with Gasteiger partial charge in [0.15, 0.2) is 23.0 Å². The zero-order valence-electron chi connectivity index (χ0n) is 18.0. The van der Waals surface area contributed by atoms with Gasteiger partial charge in [-0.15, -0.1) is 0 Å². The number of amidine groups is 1. The first-order chi connectivity index (χ1) is 15.9. The lowest BCUT2D eigenvalue weighted by Gasteiger charge is -2.21. The summed E-state index contributed by atoms with van der Waals surface area (Å²) in [5.41, 5.74) is 1.79. The van der Waals surface area contributed by atoms with Crippen LogP contribution in [0, 0.1) is 11.6 Å². The number of rotatable bonds is 7. The highest BCUT2D eigenvalue weighted by Gasteiger charge is 2.14. The number of hydrogen-bond acceptors (Lipinski definition) is 5. The number of benzene rings is 3. The Morgan fingerprint density at radius 3 is 2.30 bits per heavy atom. The van der Waals surface area contributed by atoms with Crippen molar-refractivity contribution < 1.29 is 23.4 Å². The number of aldehydes is 1. The van der Waals surface area contributed by atoms with Crippen LogP contribution in [0.15, 0.2) is 76.6 Å². The molecular weight excluding hydrogens is 446 g/mol. The first-order valence-electron chi connectivity index (χ1n) is 10.0. The van der Waals surface area contributed by atoms with Crippen molar-refractivity contribution in [1.29, 1.82) is 0 Å². The highest BCUT2D eigenvalue weighted by Crippen LogP contribution is 2.31. The number of anilines is 1. The Morgan fingerprint density at radius 2 is 1.70 bits per heavy atom. The smallest absolute Gasteiger partial charge is 0.173 e. The molecule has 0 spiro atoms. The normalized spacial score (nSPS) is 11.9. The lowest BCUT2D eigenvalue weighted by molar-refractivity contribution is -0.104. The number of allylic oxidation sites excluding steroid dienone is 1. The lowest BCUT2D eigenvalue weighted by atomic mass is 10.2. The number of carbonyl (C=O) groups excluding carboxylic acids is 1. The monoisotopic (exact) mass is 468 g/mol. The van der Waals surface area contributed by atoms with Gasteiger partial charge in [-0.2, -0.15) is 0 Å². The number of hydrogen-bond donors (Lipinski definition) is 1. The number of carbonyl (C=O) groups is 1. The molecule has 0 bridgehead atoms. The van der Waals surface area contributed by atoms with Gasteiger partial charge in [0.1, 0.15) is 11.6 Å². The molecule has 3 rings (SSSR count). The topological polar surface area (TPSA) is 62.1 Å². The fraction of sp³-hybridized carbons (Fsp3) is 0.120. The number of aliphatic imine (C=N–C) groups is 1. The minimum atomic E-state index is -0.388. The van der Waals surface area contributed by atoms with Crippen molar-refractivity contribution in [2.75, 3.05) is 18.6 Å². The van der Waals surface area contributed by atoms with Crippen molar-refractivity contribution in [1.82, 2.24) is 0 Å². The Labute approximate surface area is 195 Å². The van der Waals surface area contributed by atoms with E-state index in [1.54, 1.807) is 49.2 Å². The van der Waals surface area contributed by atoms with Gasteiger partial charge in [0, 0.05) is 12.7 Å². The SMILES string of the molecule is CCOc1cc(/C=C(\C=O)SC(=Nc2ccc(F)cc2)N(C)c2ccc(F)cc2)ccc1O. The summed E-state index contributed by atoms with van der Waals surface area (Å²) in [5.74, 6) is -0.447. The summed E-state index contributed by atoms with van der Waals surface area (Å²) in [6.45, 7) is 2.19. The maximum absolute atomic E-state index is 13.4. The van der Waals surface area contributed by atoms with Crippen molar-refractivity contribution in [2.24, 2.45) is 4.99 Å². The van der Waals surface area contributed by atoms with Gasteiger partial charge in [-0.05, 0) is 91.0 Å². The largest absolute Gasteiger partial charge is 0.504 e. The summed E-state index contributed by atoms with van der Waals surface area (Å²) in [7, 11) is 1.73. The molecular formula is C25H22F2N2O3S. The molecule has 0 aliphatic rings. The summed E-state index contributed by atoms with van der Waals surface area (Å²) in [6.07, 6.45) is 2.33. The molecule has 0 unspecified atom stereocenters. The Morgan fingerprint density at radius 1 is 1.06 bits per heavy atom. The molecule has 3 aromatic rings. The minimum Gasteiger partial charge on any atom is -0.504 e. The third-order valence-corrected chi connectivity index (χ3v) is 5.47. The number of thioether (sulfide) groups is 1. The van der Waals surface area contributed by atoms with E-state index in [0.717, 1.165) is 11.8 Å². The fourth-order valence-electron chi connectivity index (χ4n) is 2.82.